The summed E-state index contributed by atoms with van der Waals surface area (Å²) in [5.41, 5.74) is 1.79. The first-order chi connectivity index (χ1) is 14.4. The number of fused-ring (bicyclic) bond motifs is 1. The van der Waals surface area contributed by atoms with E-state index in [-0.39, 0.29) is 17.0 Å². The highest BCUT2D eigenvalue weighted by Crippen LogP contribution is 2.20. The molecule has 1 aliphatic heterocycles. The number of hydrogen-bond acceptors (Lipinski definition) is 5. The van der Waals surface area contributed by atoms with Crippen LogP contribution in [0.25, 0.3) is 11.0 Å². The molecule has 2 aromatic heterocycles. The van der Waals surface area contributed by atoms with Crippen LogP contribution in [0.15, 0.2) is 29.1 Å². The third kappa shape index (κ3) is 3.34. The lowest BCUT2D eigenvalue weighted by atomic mass is 10.1. The van der Waals surface area contributed by atoms with Gasteiger partial charge in [0.05, 0.1) is 11.3 Å². The van der Waals surface area contributed by atoms with Crippen molar-refractivity contribution < 1.29 is 9.18 Å². The van der Waals surface area contributed by atoms with Crippen LogP contribution < -0.4 is 10.5 Å². The third-order valence-electron chi connectivity index (χ3n) is 5.49. The molecular weight excluding hydrogens is 387 g/mol. The van der Waals surface area contributed by atoms with E-state index in [9.17, 15) is 14.0 Å². The number of halogens is 1. The first-order valence-corrected chi connectivity index (χ1v) is 10.1. The maximum absolute atomic E-state index is 14.0. The minimum atomic E-state index is -0.513. The number of hydrogen-bond donors (Lipinski definition) is 0. The topological polar surface area (TPSA) is 76.3 Å². The van der Waals surface area contributed by atoms with Gasteiger partial charge in [0.2, 0.25) is 5.95 Å². The second-order valence-electron chi connectivity index (χ2n) is 7.53. The normalized spacial score (nSPS) is 14.5. The number of anilines is 1. The summed E-state index contributed by atoms with van der Waals surface area (Å²) in [5.74, 6) is -0.227. The highest BCUT2D eigenvalue weighted by molar-refractivity contribution is 5.94. The van der Waals surface area contributed by atoms with Gasteiger partial charge in [0, 0.05) is 39.8 Å². The van der Waals surface area contributed by atoms with Crippen molar-refractivity contribution in [3.05, 3.63) is 51.7 Å². The molecule has 0 spiro atoms. The number of carbonyl (C=O) groups excluding carboxylic acids is 1. The molecule has 1 fully saturated rings. The Labute approximate surface area is 173 Å². The molecule has 9 heteroatoms. The number of amides is 1. The molecule has 30 heavy (non-hydrogen) atoms. The first-order valence-electron chi connectivity index (χ1n) is 10.1. The molecule has 1 aliphatic rings. The van der Waals surface area contributed by atoms with E-state index in [4.69, 9.17) is 4.98 Å². The summed E-state index contributed by atoms with van der Waals surface area (Å²) < 4.78 is 17.3. The molecule has 8 nitrogen and oxygen atoms in total. The number of rotatable bonds is 4. The fraction of sp³-hybridized carbons (Fsp3) is 0.429. The van der Waals surface area contributed by atoms with Crippen molar-refractivity contribution in [1.29, 1.82) is 0 Å². The van der Waals surface area contributed by atoms with Gasteiger partial charge in [-0.05, 0) is 25.5 Å². The van der Waals surface area contributed by atoms with Gasteiger partial charge >= 0.3 is 0 Å². The molecule has 1 amide bonds. The molecule has 0 N–H and O–H groups in total. The van der Waals surface area contributed by atoms with Gasteiger partial charge in [-0.3, -0.25) is 18.8 Å². The maximum atomic E-state index is 14.0. The van der Waals surface area contributed by atoms with Gasteiger partial charge in [-0.2, -0.15) is 5.10 Å². The van der Waals surface area contributed by atoms with Gasteiger partial charge < -0.3 is 9.80 Å². The summed E-state index contributed by atoms with van der Waals surface area (Å²) in [5, 5.41) is 4.35. The van der Waals surface area contributed by atoms with Crippen molar-refractivity contribution in [2.24, 2.45) is 7.05 Å². The molecule has 1 saturated heterocycles. The molecule has 0 aliphatic carbocycles. The van der Waals surface area contributed by atoms with Crippen LogP contribution >= 0.6 is 0 Å². The van der Waals surface area contributed by atoms with Crippen LogP contribution in [0.1, 0.15) is 29.4 Å². The van der Waals surface area contributed by atoms with Crippen molar-refractivity contribution >= 4 is 22.9 Å². The van der Waals surface area contributed by atoms with Gasteiger partial charge in [-0.25, -0.2) is 9.37 Å². The molecule has 3 heterocycles. The predicted molar refractivity (Wildman–Crippen MR) is 112 cm³/mol. The van der Waals surface area contributed by atoms with E-state index in [0.717, 1.165) is 6.42 Å². The van der Waals surface area contributed by atoms with Crippen LogP contribution in [0.5, 0.6) is 0 Å². The Morgan fingerprint density at radius 3 is 2.53 bits per heavy atom. The molecule has 158 valence electrons. The average molecular weight is 412 g/mol. The van der Waals surface area contributed by atoms with E-state index in [2.05, 4.69) is 5.10 Å². The zero-order valence-corrected chi connectivity index (χ0v) is 17.4. The van der Waals surface area contributed by atoms with Gasteiger partial charge in [0.25, 0.3) is 11.5 Å². The van der Waals surface area contributed by atoms with Crippen molar-refractivity contribution in [2.45, 2.75) is 26.8 Å². The minimum absolute atomic E-state index is 0.0828. The van der Waals surface area contributed by atoms with Crippen LogP contribution in [0, 0.1) is 12.7 Å². The second-order valence-corrected chi connectivity index (χ2v) is 7.53. The Balaban J connectivity index is 1.62. The van der Waals surface area contributed by atoms with Gasteiger partial charge in [0.1, 0.15) is 11.3 Å². The molecule has 0 bridgehead atoms. The molecule has 0 radical (unpaired) electrons. The van der Waals surface area contributed by atoms with Gasteiger partial charge in [0.15, 0.2) is 5.52 Å². The fourth-order valence-corrected chi connectivity index (χ4v) is 3.98. The Hall–Kier alpha value is -3.23. The zero-order valence-electron chi connectivity index (χ0n) is 17.4. The maximum Gasteiger partial charge on any atom is 0.281 e. The molecule has 0 unspecified atom stereocenters. The molecule has 3 aromatic rings. The number of piperazine rings is 1. The Morgan fingerprint density at radius 2 is 1.87 bits per heavy atom. The largest absolute Gasteiger partial charge is 0.339 e. The van der Waals surface area contributed by atoms with Crippen LogP contribution in [0.3, 0.4) is 0 Å². The van der Waals surface area contributed by atoms with Gasteiger partial charge in [-0.15, -0.1) is 0 Å². The van der Waals surface area contributed by atoms with Crippen LogP contribution in [0.2, 0.25) is 0 Å². The highest BCUT2D eigenvalue weighted by atomic mass is 19.1. The monoisotopic (exact) mass is 412 g/mol. The predicted octanol–water partition coefficient (Wildman–Crippen LogP) is 1.95. The van der Waals surface area contributed by atoms with Crippen molar-refractivity contribution in [1.82, 2.24) is 24.2 Å². The lowest BCUT2D eigenvalue weighted by Gasteiger charge is -2.36. The summed E-state index contributed by atoms with van der Waals surface area (Å²) in [6.45, 7) is 6.30. The summed E-state index contributed by atoms with van der Waals surface area (Å²) in [6.07, 6.45) is 0.794. The zero-order chi connectivity index (χ0) is 21.4. The minimum Gasteiger partial charge on any atom is -0.339 e. The second kappa shape index (κ2) is 7.89. The molecular formula is C21H25FN6O2. The molecule has 4 rings (SSSR count). The summed E-state index contributed by atoms with van der Waals surface area (Å²) in [7, 11) is 1.75. The SMILES string of the molecule is CCCn1c(N2CCN(C(=O)c3ccccc3F)CC2)nc2c(C)nn(C)c2c1=O. The van der Waals surface area contributed by atoms with Crippen molar-refractivity contribution in [3.8, 4) is 0 Å². The van der Waals surface area contributed by atoms with E-state index < -0.39 is 5.82 Å². The van der Waals surface area contributed by atoms with E-state index in [0.29, 0.717) is 55.4 Å². The number of benzene rings is 1. The van der Waals surface area contributed by atoms with E-state index in [1.807, 2.05) is 18.7 Å². The van der Waals surface area contributed by atoms with Crippen LogP contribution in [-0.4, -0.2) is 56.3 Å². The first kappa shape index (κ1) is 20.1. The van der Waals surface area contributed by atoms with Crippen LogP contribution in [0.4, 0.5) is 10.3 Å². The van der Waals surface area contributed by atoms with E-state index in [1.54, 1.807) is 33.3 Å². The summed E-state index contributed by atoms with van der Waals surface area (Å²) in [4.78, 5) is 34.3. The molecule has 0 atom stereocenters. The highest BCUT2D eigenvalue weighted by Gasteiger charge is 2.27. The quantitative estimate of drug-likeness (QED) is 0.655. The van der Waals surface area contributed by atoms with Crippen molar-refractivity contribution in [2.75, 3.05) is 31.1 Å². The Bertz CT molecular complexity index is 1160. The van der Waals surface area contributed by atoms with Crippen LogP contribution in [-0.2, 0) is 13.6 Å². The number of aromatic nitrogens is 4. The van der Waals surface area contributed by atoms with Gasteiger partial charge in [-0.1, -0.05) is 19.1 Å². The van der Waals surface area contributed by atoms with E-state index >= 15 is 0 Å². The third-order valence-corrected chi connectivity index (χ3v) is 5.49. The lowest BCUT2D eigenvalue weighted by molar-refractivity contribution is 0.0741. The molecule has 0 saturated carbocycles. The smallest absolute Gasteiger partial charge is 0.281 e. The van der Waals surface area contributed by atoms with Crippen molar-refractivity contribution in [3.63, 3.8) is 0 Å². The summed E-state index contributed by atoms with van der Waals surface area (Å²) >= 11 is 0. The molecule has 1 aromatic carbocycles. The standard InChI is InChI=1S/C21H25FN6O2/c1-4-9-28-20(30)18-17(14(2)24-25(18)3)23-21(28)27-12-10-26(11-13-27)19(29)15-7-5-6-8-16(15)22/h5-8H,4,9-13H2,1-3H3. The fourth-order valence-electron chi connectivity index (χ4n) is 3.98. The number of carbonyl (C=O) groups is 1. The number of aryl methyl sites for hydroxylation is 2. The number of nitrogens with zero attached hydrogens (tertiary/aromatic N) is 6. The Morgan fingerprint density at radius 1 is 1.17 bits per heavy atom. The summed E-state index contributed by atoms with van der Waals surface area (Å²) in [6, 6.07) is 6.02. The van der Waals surface area contributed by atoms with E-state index in [1.165, 1.54) is 12.1 Å². The average Bonchev–Trinajstić information content (AvgIpc) is 3.03. The Kier molecular flexibility index (Phi) is 5.27. The lowest BCUT2D eigenvalue weighted by Crippen LogP contribution is -2.50.